The number of hydrogen-bond donors (Lipinski definition) is 1. The topological polar surface area (TPSA) is 39.1 Å². The van der Waals surface area contributed by atoms with E-state index in [1.807, 2.05) is 0 Å². The molecule has 1 heterocycles. The first-order chi connectivity index (χ1) is 8.63. The fourth-order valence-electron chi connectivity index (χ4n) is 2.96. The lowest BCUT2D eigenvalue weighted by Gasteiger charge is -2.34. The zero-order valence-electron chi connectivity index (χ0n) is 11.9. The number of nitriles is 1. The van der Waals surface area contributed by atoms with Gasteiger partial charge in [-0.1, -0.05) is 13.8 Å². The zero-order chi connectivity index (χ0) is 13.0. The van der Waals surface area contributed by atoms with E-state index in [0.29, 0.717) is 11.5 Å². The molecule has 102 valence electrons. The van der Waals surface area contributed by atoms with Crippen molar-refractivity contribution < 1.29 is 0 Å². The molecule has 3 heteroatoms. The van der Waals surface area contributed by atoms with Crippen molar-refractivity contribution in [2.45, 2.75) is 52.0 Å². The summed E-state index contributed by atoms with van der Waals surface area (Å²) in [6, 6.07) is 2.97. The maximum Gasteiger partial charge on any atom is 0.0628 e. The van der Waals surface area contributed by atoms with Crippen LogP contribution in [0.15, 0.2) is 0 Å². The van der Waals surface area contributed by atoms with Gasteiger partial charge < -0.3 is 10.2 Å². The number of nitrogens with zero attached hydrogens (tertiary/aromatic N) is 2. The standard InChI is InChI=1S/C15H27N3/c1-13(2)17-11-14-3-9-18(10-4-14)12-15(5-6-15)7-8-16/h13-14,17H,3-7,9-12H2,1-2H3. The van der Waals surface area contributed by atoms with Gasteiger partial charge >= 0.3 is 0 Å². The molecule has 18 heavy (non-hydrogen) atoms. The molecular formula is C15H27N3. The fourth-order valence-corrected chi connectivity index (χ4v) is 2.96. The number of hydrogen-bond acceptors (Lipinski definition) is 3. The highest BCUT2D eigenvalue weighted by Gasteiger charge is 2.43. The Morgan fingerprint density at radius 2 is 2.00 bits per heavy atom. The van der Waals surface area contributed by atoms with Gasteiger partial charge in [-0.25, -0.2) is 0 Å². The molecule has 1 aliphatic heterocycles. The SMILES string of the molecule is CC(C)NCC1CCN(CC2(CC#N)CC2)CC1. The third-order valence-corrected chi connectivity index (χ3v) is 4.49. The molecule has 1 saturated carbocycles. The summed E-state index contributed by atoms with van der Waals surface area (Å²) in [6.45, 7) is 9.25. The fraction of sp³-hybridized carbons (Fsp3) is 0.933. The van der Waals surface area contributed by atoms with Crippen LogP contribution in [0.25, 0.3) is 0 Å². The molecule has 0 aromatic rings. The molecule has 1 aliphatic carbocycles. The molecule has 2 aliphatic rings. The number of piperidine rings is 1. The second-order valence-electron chi connectivity index (χ2n) is 6.62. The first kappa shape index (κ1) is 13.8. The van der Waals surface area contributed by atoms with E-state index in [1.165, 1.54) is 51.9 Å². The van der Waals surface area contributed by atoms with Gasteiger partial charge in [0, 0.05) is 19.0 Å². The Balaban J connectivity index is 1.66. The predicted octanol–water partition coefficient (Wildman–Crippen LogP) is 2.39. The van der Waals surface area contributed by atoms with Gasteiger partial charge in [-0.2, -0.15) is 5.26 Å². The van der Waals surface area contributed by atoms with Gasteiger partial charge in [0.15, 0.2) is 0 Å². The van der Waals surface area contributed by atoms with Crippen LogP contribution in [0.3, 0.4) is 0 Å². The summed E-state index contributed by atoms with van der Waals surface area (Å²) in [5.41, 5.74) is 0.387. The summed E-state index contributed by atoms with van der Waals surface area (Å²) >= 11 is 0. The molecule has 2 rings (SSSR count). The molecule has 0 amide bonds. The summed E-state index contributed by atoms with van der Waals surface area (Å²) in [4.78, 5) is 2.59. The molecular weight excluding hydrogens is 222 g/mol. The Kier molecular flexibility index (Phi) is 4.64. The van der Waals surface area contributed by atoms with Gasteiger partial charge in [-0.05, 0) is 56.7 Å². The molecule has 1 saturated heterocycles. The molecule has 0 atom stereocenters. The summed E-state index contributed by atoms with van der Waals surface area (Å²) in [6.07, 6.45) is 5.96. The van der Waals surface area contributed by atoms with Crippen LogP contribution in [0, 0.1) is 22.7 Å². The van der Waals surface area contributed by atoms with Crippen molar-refractivity contribution in [1.82, 2.24) is 10.2 Å². The van der Waals surface area contributed by atoms with E-state index in [4.69, 9.17) is 5.26 Å². The van der Waals surface area contributed by atoms with Gasteiger partial charge in [0.1, 0.15) is 0 Å². The lowest BCUT2D eigenvalue weighted by molar-refractivity contribution is 0.152. The first-order valence-electron chi connectivity index (χ1n) is 7.46. The van der Waals surface area contributed by atoms with Crippen molar-refractivity contribution in [3.05, 3.63) is 0 Å². The van der Waals surface area contributed by atoms with Gasteiger partial charge in [0.25, 0.3) is 0 Å². The van der Waals surface area contributed by atoms with E-state index < -0.39 is 0 Å². The second-order valence-corrected chi connectivity index (χ2v) is 6.62. The van der Waals surface area contributed by atoms with Crippen molar-refractivity contribution in [2.75, 3.05) is 26.2 Å². The Bertz CT molecular complexity index is 293. The van der Waals surface area contributed by atoms with Gasteiger partial charge in [0.05, 0.1) is 6.07 Å². The van der Waals surface area contributed by atoms with Gasteiger partial charge in [-0.15, -0.1) is 0 Å². The van der Waals surface area contributed by atoms with Crippen molar-refractivity contribution in [2.24, 2.45) is 11.3 Å². The lowest BCUT2D eigenvalue weighted by Crippen LogP contribution is -2.41. The first-order valence-corrected chi connectivity index (χ1v) is 7.46. The molecule has 3 nitrogen and oxygen atoms in total. The lowest BCUT2D eigenvalue weighted by atomic mass is 9.94. The van der Waals surface area contributed by atoms with E-state index in [0.717, 1.165) is 12.3 Å². The minimum absolute atomic E-state index is 0.387. The molecule has 0 bridgehead atoms. The van der Waals surface area contributed by atoms with Crippen LogP contribution in [0.1, 0.15) is 46.0 Å². The molecule has 0 radical (unpaired) electrons. The second kappa shape index (κ2) is 6.04. The van der Waals surface area contributed by atoms with Crippen molar-refractivity contribution in [3.8, 4) is 6.07 Å². The number of likely N-dealkylation sites (tertiary alicyclic amines) is 1. The van der Waals surface area contributed by atoms with Crippen LogP contribution in [0.2, 0.25) is 0 Å². The predicted molar refractivity (Wildman–Crippen MR) is 74.2 cm³/mol. The smallest absolute Gasteiger partial charge is 0.0628 e. The molecule has 1 N–H and O–H groups in total. The number of nitrogens with one attached hydrogen (secondary N) is 1. The van der Waals surface area contributed by atoms with E-state index >= 15 is 0 Å². The van der Waals surface area contributed by atoms with E-state index in [2.05, 4.69) is 30.1 Å². The molecule has 2 fully saturated rings. The van der Waals surface area contributed by atoms with Gasteiger partial charge in [-0.3, -0.25) is 0 Å². The third-order valence-electron chi connectivity index (χ3n) is 4.49. The Hall–Kier alpha value is -0.590. The average Bonchev–Trinajstić information content (AvgIpc) is 3.08. The zero-order valence-corrected chi connectivity index (χ0v) is 11.9. The largest absolute Gasteiger partial charge is 0.314 e. The average molecular weight is 249 g/mol. The maximum atomic E-state index is 8.86. The van der Waals surface area contributed by atoms with Crippen molar-refractivity contribution in [3.63, 3.8) is 0 Å². The number of rotatable bonds is 6. The molecule has 0 aromatic heterocycles. The van der Waals surface area contributed by atoms with Gasteiger partial charge in [0.2, 0.25) is 0 Å². The highest BCUT2D eigenvalue weighted by molar-refractivity contribution is 5.01. The van der Waals surface area contributed by atoms with E-state index in [9.17, 15) is 0 Å². The molecule has 0 unspecified atom stereocenters. The molecule has 0 spiro atoms. The van der Waals surface area contributed by atoms with Crippen LogP contribution in [0.5, 0.6) is 0 Å². The van der Waals surface area contributed by atoms with Crippen molar-refractivity contribution in [1.29, 1.82) is 5.26 Å². The summed E-state index contributed by atoms with van der Waals surface area (Å²) in [7, 11) is 0. The Morgan fingerprint density at radius 1 is 1.33 bits per heavy atom. The summed E-state index contributed by atoms with van der Waals surface area (Å²) in [5, 5.41) is 12.4. The Morgan fingerprint density at radius 3 is 2.50 bits per heavy atom. The third kappa shape index (κ3) is 3.96. The maximum absolute atomic E-state index is 8.86. The van der Waals surface area contributed by atoms with Crippen LogP contribution < -0.4 is 5.32 Å². The summed E-state index contributed by atoms with van der Waals surface area (Å²) in [5.74, 6) is 0.856. The Labute approximate surface area is 112 Å². The van der Waals surface area contributed by atoms with E-state index in [1.54, 1.807) is 0 Å². The van der Waals surface area contributed by atoms with Crippen LogP contribution in [0.4, 0.5) is 0 Å². The summed E-state index contributed by atoms with van der Waals surface area (Å²) < 4.78 is 0. The monoisotopic (exact) mass is 249 g/mol. The van der Waals surface area contributed by atoms with Crippen molar-refractivity contribution >= 4 is 0 Å². The van der Waals surface area contributed by atoms with Crippen LogP contribution in [-0.2, 0) is 0 Å². The normalized spacial score (nSPS) is 24.1. The van der Waals surface area contributed by atoms with Crippen LogP contribution in [-0.4, -0.2) is 37.1 Å². The van der Waals surface area contributed by atoms with Crippen LogP contribution >= 0.6 is 0 Å². The quantitative estimate of drug-likeness (QED) is 0.785. The van der Waals surface area contributed by atoms with E-state index in [-0.39, 0.29) is 0 Å². The highest BCUT2D eigenvalue weighted by Crippen LogP contribution is 2.49. The highest BCUT2D eigenvalue weighted by atomic mass is 15.1. The minimum Gasteiger partial charge on any atom is -0.314 e. The minimum atomic E-state index is 0.387. The molecule has 0 aromatic carbocycles.